The monoisotopic (exact) mass is 640 g/mol. The van der Waals surface area contributed by atoms with E-state index in [9.17, 15) is 8.22 Å². The van der Waals surface area contributed by atoms with Gasteiger partial charge in [0, 0.05) is 10.8 Å². The smallest absolute Gasteiger partial charge is 0.136 e. The summed E-state index contributed by atoms with van der Waals surface area (Å²) in [6.45, 7) is 0. The summed E-state index contributed by atoms with van der Waals surface area (Å²) < 4.78 is 164. The van der Waals surface area contributed by atoms with Crippen LogP contribution in [0, 0.1) is 0 Å². The van der Waals surface area contributed by atoms with Crippen LogP contribution < -0.4 is 0 Å². The number of fused-ring (bicyclic) bond motifs is 6. The van der Waals surface area contributed by atoms with Crippen LogP contribution in [0.1, 0.15) is 24.7 Å². The Morgan fingerprint density at radius 3 is 1.59 bits per heavy atom. The molecule has 10 rings (SSSR count). The van der Waals surface area contributed by atoms with Crippen LogP contribution in [0.2, 0.25) is 0 Å². The molecule has 1 aromatic heterocycles. The fraction of sp³-hybridized carbons (Fsp3) is 0. The molecule has 0 aliphatic rings. The van der Waals surface area contributed by atoms with Crippen molar-refractivity contribution in [2.24, 2.45) is 0 Å². The van der Waals surface area contributed by atoms with E-state index in [1.807, 2.05) is 0 Å². The van der Waals surface area contributed by atoms with E-state index in [2.05, 4.69) is 0 Å². The summed E-state index contributed by atoms with van der Waals surface area (Å²) in [4.78, 5) is 0. The molecule has 0 aliphatic heterocycles. The molecule has 0 saturated heterocycles. The van der Waals surface area contributed by atoms with Gasteiger partial charge in [-0.2, -0.15) is 0 Å². The third-order valence-electron chi connectivity index (χ3n) is 8.72. The Labute approximate surface area is 309 Å². The van der Waals surface area contributed by atoms with E-state index in [-0.39, 0.29) is 78.7 Å². The summed E-state index contributed by atoms with van der Waals surface area (Å²) in [5, 5.41) is 0.962. The highest BCUT2D eigenvalue weighted by atomic mass is 16.3. The Balaban J connectivity index is 1.29. The first-order chi connectivity index (χ1) is 31.8. The number of hydrogen-bond donors (Lipinski definition) is 0. The quantitative estimate of drug-likeness (QED) is 0.174. The van der Waals surface area contributed by atoms with E-state index in [0.29, 0.717) is 38.2 Å². The van der Waals surface area contributed by atoms with Gasteiger partial charge in [0.15, 0.2) is 0 Å². The summed E-state index contributed by atoms with van der Waals surface area (Å²) in [7, 11) is 0. The lowest BCUT2D eigenvalue weighted by Gasteiger charge is -2.20. The molecule has 0 unspecified atom stereocenters. The van der Waals surface area contributed by atoms with Gasteiger partial charge in [0.2, 0.25) is 0 Å². The summed E-state index contributed by atoms with van der Waals surface area (Å²) >= 11 is 0. The van der Waals surface area contributed by atoms with E-state index < -0.39 is 90.6 Å². The maximum absolute atomic E-state index is 9.82. The zero-order chi connectivity index (χ0) is 48.0. The van der Waals surface area contributed by atoms with Gasteiger partial charge in [0.25, 0.3) is 0 Å². The van der Waals surface area contributed by atoms with Gasteiger partial charge in [0.05, 0.1) is 24.7 Å². The molecule has 0 aliphatic carbocycles. The molecule has 0 saturated carbocycles. The van der Waals surface area contributed by atoms with Crippen molar-refractivity contribution in [3.63, 3.8) is 0 Å². The Morgan fingerprint density at radius 2 is 0.898 bits per heavy atom. The van der Waals surface area contributed by atoms with Gasteiger partial charge in [0.1, 0.15) is 11.2 Å². The highest BCUT2D eigenvalue weighted by molar-refractivity contribution is 6.23. The van der Waals surface area contributed by atoms with Crippen LogP contribution in [0.3, 0.4) is 0 Å². The van der Waals surface area contributed by atoms with Crippen LogP contribution in [-0.4, -0.2) is 0 Å². The van der Waals surface area contributed by atoms with Crippen molar-refractivity contribution in [3.05, 3.63) is 182 Å². The minimum absolute atomic E-state index is 0.0411. The molecule has 0 spiro atoms. The summed E-state index contributed by atoms with van der Waals surface area (Å²) in [5.74, 6) is 0. The van der Waals surface area contributed by atoms with Gasteiger partial charge in [-0.3, -0.25) is 0 Å². The minimum atomic E-state index is -0.617. The number of rotatable bonds is 4. The fourth-order valence-corrected chi connectivity index (χ4v) is 6.57. The first-order valence-electron chi connectivity index (χ1n) is 24.4. The maximum Gasteiger partial charge on any atom is 0.136 e. The zero-order valence-corrected chi connectivity index (χ0v) is 25.3. The van der Waals surface area contributed by atoms with Gasteiger partial charge in [-0.05, 0) is 101 Å². The van der Waals surface area contributed by atoms with Crippen LogP contribution in [-0.2, 0) is 0 Å². The molecule has 10 aromatic rings. The van der Waals surface area contributed by atoms with Gasteiger partial charge in [-0.25, -0.2) is 0 Å². The van der Waals surface area contributed by atoms with E-state index in [0.717, 1.165) is 0 Å². The van der Waals surface area contributed by atoms with Crippen LogP contribution in [0.4, 0.5) is 0 Å². The number of benzene rings is 9. The lowest BCUT2D eigenvalue weighted by molar-refractivity contribution is 0.669. The third kappa shape index (κ3) is 4.47. The van der Waals surface area contributed by atoms with Crippen LogP contribution >= 0.6 is 0 Å². The lowest BCUT2D eigenvalue weighted by atomic mass is 9.83. The second-order valence-electron chi connectivity index (χ2n) is 11.4. The molecule has 1 heterocycles. The second kappa shape index (κ2) is 11.1. The standard InChI is InChI=1S/C48H30O/c1-2-12-31(13-3-1)32-22-24-33(25-23-32)37-16-6-7-17-38(37)48-41-20-10-8-18-39(41)47(40-19-9-11-21-42(40)48)36-26-27-45-43(29-36)44-28-34-14-4-5-15-35(34)30-46(44)49-45/h1-30H/i1D,2D,3D,4D,5D,6D,7D,12D,13D,14D,15D,16D,17D,26D,27D,28D,29D,30D. The first kappa shape index (κ1) is 15.2. The molecule has 0 N–H and O–H groups in total. The van der Waals surface area contributed by atoms with Crippen LogP contribution in [0.25, 0.3) is 98.8 Å². The molecule has 0 radical (unpaired) electrons. The largest absolute Gasteiger partial charge is 0.456 e. The molecule has 0 atom stereocenters. The van der Waals surface area contributed by atoms with E-state index in [1.54, 1.807) is 60.7 Å². The summed E-state index contributed by atoms with van der Waals surface area (Å²) in [6.07, 6.45) is 0. The highest BCUT2D eigenvalue weighted by Gasteiger charge is 2.20. The van der Waals surface area contributed by atoms with E-state index in [4.69, 9.17) is 20.9 Å². The number of hydrogen-bond acceptors (Lipinski definition) is 1. The zero-order valence-electron chi connectivity index (χ0n) is 43.3. The predicted octanol–water partition coefficient (Wildman–Crippen LogP) is 13.7. The fourth-order valence-electron chi connectivity index (χ4n) is 6.57. The molecule has 1 nitrogen and oxygen atoms in total. The molecule has 0 fully saturated rings. The van der Waals surface area contributed by atoms with Gasteiger partial charge in [-0.15, -0.1) is 0 Å². The molecule has 0 bridgehead atoms. The second-order valence-corrected chi connectivity index (χ2v) is 11.4. The Kier molecular flexibility index (Phi) is 3.43. The normalized spacial score (nSPS) is 16.8. The molecular formula is C48H30O. The third-order valence-corrected chi connectivity index (χ3v) is 8.72. The Bertz CT molecular complexity index is 3810. The average molecular weight is 641 g/mol. The van der Waals surface area contributed by atoms with Crippen molar-refractivity contribution >= 4 is 54.3 Å². The van der Waals surface area contributed by atoms with Gasteiger partial charge in [-0.1, -0.05) is 157 Å². The van der Waals surface area contributed by atoms with Crippen LogP contribution in [0.15, 0.2) is 186 Å². The Hall–Kier alpha value is -6.44. The molecule has 228 valence electrons. The molecule has 9 aromatic carbocycles. The molecular weight excluding hydrogens is 593 g/mol. The van der Waals surface area contributed by atoms with Crippen molar-refractivity contribution < 1.29 is 29.1 Å². The van der Waals surface area contributed by atoms with Crippen molar-refractivity contribution in [3.8, 4) is 44.5 Å². The SMILES string of the molecule is [2H]c1c([2H])c([2H])c(-c2ccc(-c3c([2H])c([2H])c([2H])c([2H])c3-c3c4ccccc4c(-c4c([2H])c([2H])c5oc6c([2H])c7c([2H])c([2H])c([2H])c([2H])c7c([2H])c6c5c4[2H])c4ccccc34)cc2)c([2H])c1[2H]. The first-order valence-corrected chi connectivity index (χ1v) is 15.4. The summed E-state index contributed by atoms with van der Waals surface area (Å²) in [5.41, 5.74) is 0.827. The van der Waals surface area contributed by atoms with Crippen LogP contribution in [0.5, 0.6) is 0 Å². The Morgan fingerprint density at radius 1 is 0.347 bits per heavy atom. The number of furan rings is 1. The minimum Gasteiger partial charge on any atom is -0.456 e. The molecule has 0 amide bonds. The maximum atomic E-state index is 9.82. The van der Waals surface area contributed by atoms with Gasteiger partial charge >= 0.3 is 0 Å². The van der Waals surface area contributed by atoms with Crippen molar-refractivity contribution in [1.29, 1.82) is 0 Å². The predicted molar refractivity (Wildman–Crippen MR) is 208 cm³/mol. The molecule has 49 heavy (non-hydrogen) atoms. The van der Waals surface area contributed by atoms with Crippen molar-refractivity contribution in [2.45, 2.75) is 0 Å². The average Bonchev–Trinajstić information content (AvgIpc) is 3.75. The van der Waals surface area contributed by atoms with Crippen molar-refractivity contribution in [1.82, 2.24) is 0 Å². The van der Waals surface area contributed by atoms with E-state index in [1.165, 1.54) is 12.1 Å². The summed E-state index contributed by atoms with van der Waals surface area (Å²) in [6, 6.07) is 11.3. The van der Waals surface area contributed by atoms with E-state index >= 15 is 0 Å². The van der Waals surface area contributed by atoms with Gasteiger partial charge < -0.3 is 4.42 Å². The topological polar surface area (TPSA) is 13.1 Å². The highest BCUT2D eigenvalue weighted by Crippen LogP contribution is 2.47. The molecule has 1 heteroatoms. The van der Waals surface area contributed by atoms with Crippen molar-refractivity contribution in [2.75, 3.05) is 0 Å². The lowest BCUT2D eigenvalue weighted by Crippen LogP contribution is -1.92.